The van der Waals surface area contributed by atoms with Gasteiger partial charge in [0.25, 0.3) is 5.91 Å². The highest BCUT2D eigenvalue weighted by Crippen LogP contribution is 2.55. The van der Waals surface area contributed by atoms with E-state index in [1.54, 1.807) is 0 Å². The standard InChI is InChI=1S/C22H32F3N3O3/c1-20(2,3)31-7-6-28-18(22(23,24)25)16(12-26-28)19(29)27-17-5-4-13-8-14-10-21(30,9-13)11-15(14)17/h12-15,17,30H,4-11H2,1-3H3,(H,27,29)/t13?,14?,15?,17-,21-/m0/s1. The quantitative estimate of drug-likeness (QED) is 0.726. The number of aromatic nitrogens is 2. The van der Waals surface area contributed by atoms with Crippen molar-refractivity contribution in [2.75, 3.05) is 6.61 Å². The number of fused-ring (bicyclic) bond motifs is 2. The van der Waals surface area contributed by atoms with Gasteiger partial charge in [-0.2, -0.15) is 18.3 Å². The molecule has 1 aromatic rings. The lowest BCUT2D eigenvalue weighted by Gasteiger charge is -2.33. The predicted octanol–water partition coefficient (Wildman–Crippen LogP) is 3.78. The fraction of sp³-hybridized carbons (Fsp3) is 0.818. The highest BCUT2D eigenvalue weighted by atomic mass is 19.4. The molecule has 0 aromatic carbocycles. The Morgan fingerprint density at radius 1 is 1.29 bits per heavy atom. The molecule has 2 N–H and O–H groups in total. The van der Waals surface area contributed by atoms with E-state index in [0.717, 1.165) is 43.0 Å². The SMILES string of the molecule is CC(C)(C)OCCn1ncc(C(=O)N[C@H]2CCC3CC4C[C@@](O)(C3)CC42)c1C(F)(F)F. The third-order valence-corrected chi connectivity index (χ3v) is 7.08. The van der Waals surface area contributed by atoms with Crippen LogP contribution in [0.5, 0.6) is 0 Å². The van der Waals surface area contributed by atoms with E-state index >= 15 is 0 Å². The molecule has 3 bridgehead atoms. The Morgan fingerprint density at radius 3 is 2.71 bits per heavy atom. The van der Waals surface area contributed by atoms with Crippen LogP contribution < -0.4 is 5.32 Å². The van der Waals surface area contributed by atoms with Gasteiger partial charge >= 0.3 is 6.18 Å². The molecule has 3 fully saturated rings. The summed E-state index contributed by atoms with van der Waals surface area (Å²) in [4.78, 5) is 12.9. The Bertz CT molecular complexity index is 832. The second kappa shape index (κ2) is 7.76. The molecule has 1 aromatic heterocycles. The van der Waals surface area contributed by atoms with Crippen LogP contribution >= 0.6 is 0 Å². The minimum Gasteiger partial charge on any atom is -0.390 e. The van der Waals surface area contributed by atoms with Gasteiger partial charge in [0.05, 0.1) is 36.1 Å². The first-order chi connectivity index (χ1) is 14.3. The molecule has 31 heavy (non-hydrogen) atoms. The van der Waals surface area contributed by atoms with Crippen molar-refractivity contribution in [3.8, 4) is 0 Å². The van der Waals surface area contributed by atoms with E-state index in [2.05, 4.69) is 10.4 Å². The summed E-state index contributed by atoms with van der Waals surface area (Å²) in [5, 5.41) is 17.5. The maximum absolute atomic E-state index is 13.8. The van der Waals surface area contributed by atoms with Crippen molar-refractivity contribution in [3.05, 3.63) is 17.5 Å². The van der Waals surface area contributed by atoms with Crippen LogP contribution in [0.2, 0.25) is 0 Å². The molecular weight excluding hydrogens is 411 g/mol. The molecule has 4 rings (SSSR count). The second-order valence-electron chi connectivity index (χ2n) is 10.6. The zero-order valence-corrected chi connectivity index (χ0v) is 18.3. The third-order valence-electron chi connectivity index (χ3n) is 7.08. The smallest absolute Gasteiger partial charge is 0.390 e. The van der Waals surface area contributed by atoms with Crippen molar-refractivity contribution in [1.29, 1.82) is 0 Å². The van der Waals surface area contributed by atoms with Crippen LogP contribution in [0.1, 0.15) is 75.3 Å². The van der Waals surface area contributed by atoms with Crippen LogP contribution in [-0.4, -0.2) is 44.6 Å². The number of aliphatic hydroxyl groups is 1. The van der Waals surface area contributed by atoms with Gasteiger partial charge in [-0.15, -0.1) is 0 Å². The Balaban J connectivity index is 1.51. The van der Waals surface area contributed by atoms with Gasteiger partial charge in [-0.25, -0.2) is 0 Å². The first kappa shape index (κ1) is 22.6. The molecule has 0 radical (unpaired) electrons. The van der Waals surface area contributed by atoms with Crippen LogP contribution in [0.15, 0.2) is 6.20 Å². The number of halogens is 3. The minimum atomic E-state index is -4.71. The average molecular weight is 444 g/mol. The summed E-state index contributed by atoms with van der Waals surface area (Å²) in [6.07, 6.45) is 1.12. The summed E-state index contributed by atoms with van der Waals surface area (Å²) in [5.41, 5.74) is -2.64. The minimum absolute atomic E-state index is 0.0572. The molecule has 174 valence electrons. The van der Waals surface area contributed by atoms with Gasteiger partial charge in [-0.3, -0.25) is 9.48 Å². The largest absolute Gasteiger partial charge is 0.433 e. The normalized spacial score (nSPS) is 32.9. The molecule has 3 unspecified atom stereocenters. The average Bonchev–Trinajstić information content (AvgIpc) is 3.12. The number of carbonyl (C=O) groups is 1. The molecule has 1 heterocycles. The van der Waals surface area contributed by atoms with Crippen molar-refractivity contribution in [1.82, 2.24) is 15.1 Å². The molecule has 0 spiro atoms. The fourth-order valence-electron chi connectivity index (χ4n) is 6.01. The number of hydrogen-bond acceptors (Lipinski definition) is 4. The molecule has 0 saturated heterocycles. The summed E-state index contributed by atoms with van der Waals surface area (Å²) in [6, 6.07) is -0.217. The van der Waals surface area contributed by atoms with E-state index in [0.29, 0.717) is 18.3 Å². The van der Waals surface area contributed by atoms with E-state index in [4.69, 9.17) is 4.74 Å². The summed E-state index contributed by atoms with van der Waals surface area (Å²) < 4.78 is 47.8. The zero-order chi connectivity index (χ0) is 22.6. The van der Waals surface area contributed by atoms with Gasteiger partial charge in [0.2, 0.25) is 0 Å². The van der Waals surface area contributed by atoms with Crippen LogP contribution in [-0.2, 0) is 17.5 Å². The van der Waals surface area contributed by atoms with Gasteiger partial charge in [-0.05, 0) is 77.0 Å². The monoisotopic (exact) mass is 443 g/mol. The maximum Gasteiger partial charge on any atom is 0.433 e. The fourth-order valence-corrected chi connectivity index (χ4v) is 6.01. The zero-order valence-electron chi connectivity index (χ0n) is 18.3. The number of hydrogen-bond donors (Lipinski definition) is 2. The van der Waals surface area contributed by atoms with Gasteiger partial charge in [-0.1, -0.05) is 0 Å². The highest BCUT2D eigenvalue weighted by Gasteiger charge is 2.53. The van der Waals surface area contributed by atoms with Crippen LogP contribution in [0.3, 0.4) is 0 Å². The van der Waals surface area contributed by atoms with E-state index < -0.39 is 34.5 Å². The first-order valence-electron chi connectivity index (χ1n) is 11.1. The lowest BCUT2D eigenvalue weighted by molar-refractivity contribution is -0.145. The summed E-state index contributed by atoms with van der Waals surface area (Å²) in [5.74, 6) is 0.141. The van der Waals surface area contributed by atoms with E-state index in [9.17, 15) is 23.1 Å². The maximum atomic E-state index is 13.8. The Labute approximate surface area is 180 Å². The Hall–Kier alpha value is -1.61. The van der Waals surface area contributed by atoms with E-state index in [-0.39, 0.29) is 25.1 Å². The number of ether oxygens (including phenoxy) is 1. The van der Waals surface area contributed by atoms with Crippen LogP contribution in [0.25, 0.3) is 0 Å². The lowest BCUT2D eigenvalue weighted by Crippen LogP contribution is -2.42. The molecule has 3 aliphatic rings. The Morgan fingerprint density at radius 2 is 2.03 bits per heavy atom. The lowest BCUT2D eigenvalue weighted by atomic mass is 9.77. The van der Waals surface area contributed by atoms with Crippen LogP contribution in [0.4, 0.5) is 13.2 Å². The van der Waals surface area contributed by atoms with Gasteiger partial charge in [0.15, 0.2) is 5.69 Å². The molecule has 3 aliphatic carbocycles. The number of alkyl halides is 3. The predicted molar refractivity (Wildman–Crippen MR) is 107 cm³/mol. The number of carbonyl (C=O) groups excluding carboxylic acids is 1. The van der Waals surface area contributed by atoms with E-state index in [1.165, 1.54) is 0 Å². The second-order valence-corrected chi connectivity index (χ2v) is 10.6. The highest BCUT2D eigenvalue weighted by molar-refractivity contribution is 5.95. The van der Waals surface area contributed by atoms with Crippen molar-refractivity contribution >= 4 is 5.91 Å². The number of rotatable bonds is 5. The molecule has 9 heteroatoms. The molecule has 5 atom stereocenters. The topological polar surface area (TPSA) is 76.4 Å². The molecule has 1 amide bonds. The molecule has 3 saturated carbocycles. The molecule has 6 nitrogen and oxygen atoms in total. The number of nitrogens with zero attached hydrogens (tertiary/aromatic N) is 2. The van der Waals surface area contributed by atoms with Crippen molar-refractivity contribution < 1.29 is 27.8 Å². The van der Waals surface area contributed by atoms with Crippen LogP contribution in [0, 0.1) is 17.8 Å². The van der Waals surface area contributed by atoms with Gasteiger partial charge in [0, 0.05) is 6.04 Å². The van der Waals surface area contributed by atoms with Gasteiger partial charge in [0.1, 0.15) is 0 Å². The number of nitrogens with one attached hydrogen (secondary N) is 1. The van der Waals surface area contributed by atoms with Crippen molar-refractivity contribution in [2.24, 2.45) is 17.8 Å². The summed E-state index contributed by atoms with van der Waals surface area (Å²) >= 11 is 0. The van der Waals surface area contributed by atoms with E-state index in [1.807, 2.05) is 20.8 Å². The number of amides is 1. The third kappa shape index (κ3) is 4.77. The first-order valence-corrected chi connectivity index (χ1v) is 11.1. The van der Waals surface area contributed by atoms with Gasteiger partial charge < -0.3 is 15.2 Å². The van der Waals surface area contributed by atoms with Crippen molar-refractivity contribution in [2.45, 2.75) is 89.3 Å². The molecule has 0 aliphatic heterocycles. The summed E-state index contributed by atoms with van der Waals surface area (Å²) in [6.45, 7) is 5.43. The molecular formula is C22H32F3N3O3. The summed E-state index contributed by atoms with van der Waals surface area (Å²) in [7, 11) is 0. The Kier molecular flexibility index (Phi) is 5.65. The van der Waals surface area contributed by atoms with Crippen molar-refractivity contribution in [3.63, 3.8) is 0 Å².